The van der Waals surface area contributed by atoms with Gasteiger partial charge >= 0.3 is 5.97 Å². The number of esters is 1. The van der Waals surface area contributed by atoms with E-state index in [1.165, 1.54) is 13.2 Å². The van der Waals surface area contributed by atoms with Crippen molar-refractivity contribution in [2.24, 2.45) is 11.8 Å². The van der Waals surface area contributed by atoms with Gasteiger partial charge in [0.1, 0.15) is 5.75 Å². The zero-order valence-electron chi connectivity index (χ0n) is 17.7. The van der Waals surface area contributed by atoms with Crippen LogP contribution in [0.1, 0.15) is 33.6 Å². The van der Waals surface area contributed by atoms with Crippen LogP contribution in [-0.4, -0.2) is 46.9 Å². The Morgan fingerprint density at radius 2 is 1.52 bits per heavy atom. The quantitative estimate of drug-likeness (QED) is 0.221. The lowest BCUT2D eigenvalue weighted by Gasteiger charge is -2.29. The molecule has 1 aliphatic carbocycles. The lowest BCUT2D eigenvalue weighted by atomic mass is 9.81. The van der Waals surface area contributed by atoms with Gasteiger partial charge in [-0.25, -0.2) is 9.69 Å². The molecule has 2 amide bonds. The Morgan fingerprint density at radius 3 is 2.09 bits per heavy atom. The number of rotatable bonds is 6. The van der Waals surface area contributed by atoms with Crippen LogP contribution in [0.2, 0.25) is 0 Å². The summed E-state index contributed by atoms with van der Waals surface area (Å²) < 4.78 is 10.3. The van der Waals surface area contributed by atoms with Gasteiger partial charge in [0.25, 0.3) is 0 Å². The summed E-state index contributed by atoms with van der Waals surface area (Å²) in [4.78, 5) is 52.8. The first-order chi connectivity index (χ1) is 15.8. The molecular formula is C24H21Br2NO6. The van der Waals surface area contributed by atoms with Gasteiger partial charge in [0.05, 0.1) is 30.2 Å². The number of carbonyl (C=O) groups excluding carboxylic acids is 4. The highest BCUT2D eigenvalue weighted by Crippen LogP contribution is 2.44. The van der Waals surface area contributed by atoms with Gasteiger partial charge in [0.2, 0.25) is 11.8 Å². The molecule has 7 nitrogen and oxygen atoms in total. The number of benzene rings is 2. The Bertz CT molecular complexity index is 1070. The van der Waals surface area contributed by atoms with E-state index in [1.807, 2.05) is 0 Å². The molecule has 2 fully saturated rings. The fraction of sp³-hybridized carbons (Fsp3) is 0.333. The number of hydrogen-bond donors (Lipinski definition) is 0. The molecule has 0 unspecified atom stereocenters. The van der Waals surface area contributed by atoms with Crippen LogP contribution in [0, 0.1) is 11.8 Å². The van der Waals surface area contributed by atoms with E-state index in [1.54, 1.807) is 42.5 Å². The molecule has 0 aromatic heterocycles. The first-order valence-electron chi connectivity index (χ1n) is 10.4. The fourth-order valence-corrected chi connectivity index (χ4v) is 5.48. The van der Waals surface area contributed by atoms with Crippen LogP contribution in [0.15, 0.2) is 48.5 Å². The van der Waals surface area contributed by atoms with E-state index >= 15 is 0 Å². The number of methoxy groups -OCH3 is 1. The minimum Gasteiger partial charge on any atom is -0.497 e. The number of fused-ring (bicyclic) bond motifs is 1. The van der Waals surface area contributed by atoms with E-state index in [-0.39, 0.29) is 38.5 Å². The van der Waals surface area contributed by atoms with Gasteiger partial charge in [0, 0.05) is 15.2 Å². The monoisotopic (exact) mass is 577 g/mol. The number of para-hydroxylation sites is 1. The minimum atomic E-state index is -0.778. The maximum atomic E-state index is 13.1. The number of Topliss-reactive ketones (excluding diaryl/α,β-unsaturated/α-hetero) is 1. The van der Waals surface area contributed by atoms with Crippen molar-refractivity contribution in [2.75, 3.05) is 18.6 Å². The largest absolute Gasteiger partial charge is 0.497 e. The van der Waals surface area contributed by atoms with Crippen LogP contribution < -0.4 is 9.64 Å². The number of amides is 2. The molecule has 1 saturated carbocycles. The summed E-state index contributed by atoms with van der Waals surface area (Å²) in [6.45, 7) is -0.469. The summed E-state index contributed by atoms with van der Waals surface area (Å²) in [5.74, 6) is -2.05. The molecule has 4 rings (SSSR count). The van der Waals surface area contributed by atoms with Gasteiger partial charge < -0.3 is 9.47 Å². The molecule has 1 aliphatic heterocycles. The van der Waals surface area contributed by atoms with Crippen molar-refractivity contribution < 1.29 is 28.7 Å². The molecule has 2 aliphatic rings. The third kappa shape index (κ3) is 4.61. The second-order valence-electron chi connectivity index (χ2n) is 7.97. The molecule has 9 heteroatoms. The van der Waals surface area contributed by atoms with Crippen LogP contribution >= 0.6 is 31.9 Å². The van der Waals surface area contributed by atoms with E-state index < -0.39 is 24.4 Å². The number of ether oxygens (including phenoxy) is 2. The average Bonchev–Trinajstić information content (AvgIpc) is 3.06. The topological polar surface area (TPSA) is 90.0 Å². The average molecular weight is 579 g/mol. The summed E-state index contributed by atoms with van der Waals surface area (Å²) in [7, 11) is 1.53. The third-order valence-corrected chi connectivity index (χ3v) is 8.76. The van der Waals surface area contributed by atoms with E-state index in [4.69, 9.17) is 9.47 Å². The molecule has 1 heterocycles. The SMILES string of the molecule is COc1ccc(C(=O)COC(=O)c2ccccc2N2C(=O)[C@H]3C[C@@H](Br)[C@@H](Br)C[C@H]3C2=O)cc1. The van der Waals surface area contributed by atoms with Crippen molar-refractivity contribution in [3.05, 3.63) is 59.7 Å². The molecule has 0 spiro atoms. The van der Waals surface area contributed by atoms with Crippen molar-refractivity contribution in [3.8, 4) is 5.75 Å². The van der Waals surface area contributed by atoms with Gasteiger partial charge in [-0.05, 0) is 49.2 Å². The van der Waals surface area contributed by atoms with Crippen molar-refractivity contribution in [1.29, 1.82) is 0 Å². The van der Waals surface area contributed by atoms with Gasteiger partial charge in [0.15, 0.2) is 12.4 Å². The number of ketones is 1. The smallest absolute Gasteiger partial charge is 0.340 e. The standard InChI is InChI=1S/C24H21Br2NO6/c1-32-14-8-6-13(7-9-14)21(28)12-33-24(31)15-4-2-3-5-20(15)27-22(29)16-10-18(25)19(26)11-17(16)23(27)30/h2-9,16-19H,10-12H2,1H3/t16-,17+,18+,19-. The van der Waals surface area contributed by atoms with Gasteiger partial charge in [-0.3, -0.25) is 14.4 Å². The van der Waals surface area contributed by atoms with E-state index in [2.05, 4.69) is 31.9 Å². The number of hydrogen-bond acceptors (Lipinski definition) is 6. The van der Waals surface area contributed by atoms with Crippen LogP contribution in [0.5, 0.6) is 5.75 Å². The fourth-order valence-electron chi connectivity index (χ4n) is 4.24. The zero-order valence-corrected chi connectivity index (χ0v) is 20.9. The molecular weight excluding hydrogens is 558 g/mol. The lowest BCUT2D eigenvalue weighted by Crippen LogP contribution is -2.34. The van der Waals surface area contributed by atoms with Crippen LogP contribution in [0.4, 0.5) is 5.69 Å². The molecule has 2 aromatic rings. The highest BCUT2D eigenvalue weighted by atomic mass is 79.9. The van der Waals surface area contributed by atoms with Gasteiger partial charge in [-0.15, -0.1) is 0 Å². The summed E-state index contributed by atoms with van der Waals surface area (Å²) in [5.41, 5.74) is 0.617. The Balaban J connectivity index is 1.51. The Morgan fingerprint density at radius 1 is 0.939 bits per heavy atom. The second kappa shape index (κ2) is 9.77. The van der Waals surface area contributed by atoms with Crippen molar-refractivity contribution in [2.45, 2.75) is 22.5 Å². The van der Waals surface area contributed by atoms with Crippen molar-refractivity contribution >= 4 is 61.1 Å². The zero-order chi connectivity index (χ0) is 23.7. The molecule has 2 aromatic carbocycles. The van der Waals surface area contributed by atoms with Crippen LogP contribution in [0.25, 0.3) is 0 Å². The maximum Gasteiger partial charge on any atom is 0.340 e. The molecule has 1 saturated heterocycles. The lowest BCUT2D eigenvalue weighted by molar-refractivity contribution is -0.122. The van der Waals surface area contributed by atoms with Gasteiger partial charge in [-0.1, -0.05) is 44.0 Å². The van der Waals surface area contributed by atoms with Crippen molar-refractivity contribution in [1.82, 2.24) is 0 Å². The van der Waals surface area contributed by atoms with Crippen molar-refractivity contribution in [3.63, 3.8) is 0 Å². The highest BCUT2D eigenvalue weighted by molar-refractivity contribution is 9.12. The normalized spacial score (nSPS) is 24.4. The van der Waals surface area contributed by atoms with Crippen LogP contribution in [0.3, 0.4) is 0 Å². The van der Waals surface area contributed by atoms with E-state index in [9.17, 15) is 19.2 Å². The van der Waals surface area contributed by atoms with E-state index in [0.717, 1.165) is 4.90 Å². The molecule has 33 heavy (non-hydrogen) atoms. The summed E-state index contributed by atoms with van der Waals surface area (Å²) in [6.07, 6.45) is 1.06. The van der Waals surface area contributed by atoms with Crippen LogP contribution in [-0.2, 0) is 14.3 Å². The number of halogens is 2. The van der Waals surface area contributed by atoms with E-state index in [0.29, 0.717) is 24.2 Å². The number of alkyl halides is 2. The highest BCUT2D eigenvalue weighted by Gasteiger charge is 2.52. The summed E-state index contributed by atoms with van der Waals surface area (Å²) in [5, 5.41) is 0. The van der Waals surface area contributed by atoms with Gasteiger partial charge in [-0.2, -0.15) is 0 Å². The number of carbonyl (C=O) groups is 4. The predicted octanol–water partition coefficient (Wildman–Crippen LogP) is 4.16. The molecule has 0 N–H and O–H groups in total. The molecule has 0 bridgehead atoms. The predicted molar refractivity (Wildman–Crippen MR) is 128 cm³/mol. The number of imide groups is 1. The number of nitrogens with zero attached hydrogens (tertiary/aromatic N) is 1. The summed E-state index contributed by atoms with van der Waals surface area (Å²) in [6, 6.07) is 12.8. The molecule has 172 valence electrons. The minimum absolute atomic E-state index is 0.0613. The Kier molecular flexibility index (Phi) is 6.99. The number of anilines is 1. The molecule has 4 atom stereocenters. The molecule has 0 radical (unpaired) electrons. The second-order valence-corrected chi connectivity index (χ2v) is 10.3. The first-order valence-corrected chi connectivity index (χ1v) is 12.2. The Hall–Kier alpha value is -2.52. The maximum absolute atomic E-state index is 13.1. The Labute approximate surface area is 207 Å². The first kappa shape index (κ1) is 23.6. The third-order valence-electron chi connectivity index (χ3n) is 6.02. The summed E-state index contributed by atoms with van der Waals surface area (Å²) >= 11 is 7.14.